The van der Waals surface area contributed by atoms with Gasteiger partial charge in [0.05, 0.1) is 6.54 Å². The molecule has 4 rings (SSSR count). The Labute approximate surface area is 156 Å². The smallest absolute Gasteiger partial charge is 0.247 e. The van der Waals surface area contributed by atoms with Crippen LogP contribution >= 0.6 is 11.8 Å². The lowest BCUT2D eigenvalue weighted by Gasteiger charge is -2.10. The predicted octanol–water partition coefficient (Wildman–Crippen LogP) is 5.50. The molecule has 0 aliphatic carbocycles. The topological polar surface area (TPSA) is 51.0 Å². The molecule has 4 aromatic rings. The Kier molecular flexibility index (Phi) is 4.98. The van der Waals surface area contributed by atoms with Crippen LogP contribution in [0.4, 0.5) is 5.69 Å². The molecule has 0 unspecified atom stereocenters. The molecule has 4 nitrogen and oxygen atoms in total. The number of aromatic nitrogens is 2. The molecule has 0 fully saturated rings. The molecular formula is C21H17N3OS. The van der Waals surface area contributed by atoms with Crippen LogP contribution in [0.5, 0.6) is 0 Å². The zero-order chi connectivity index (χ0) is 17.6. The first kappa shape index (κ1) is 16.4. The van der Waals surface area contributed by atoms with Gasteiger partial charge in [-0.1, -0.05) is 60.3 Å². The van der Waals surface area contributed by atoms with Gasteiger partial charge in [-0.25, -0.2) is 0 Å². The minimum absolute atomic E-state index is 0.478. The van der Waals surface area contributed by atoms with Crippen molar-refractivity contribution in [3.63, 3.8) is 0 Å². The first-order valence-electron chi connectivity index (χ1n) is 8.32. The molecule has 0 aliphatic rings. The first-order chi connectivity index (χ1) is 12.9. The summed E-state index contributed by atoms with van der Waals surface area (Å²) < 4.78 is 5.76. The largest absolute Gasteiger partial charge is 0.419 e. The van der Waals surface area contributed by atoms with Crippen LogP contribution in [0.15, 0.2) is 99.1 Å². The Morgan fingerprint density at radius 1 is 0.769 bits per heavy atom. The summed E-state index contributed by atoms with van der Waals surface area (Å²) >= 11 is 1.72. The fraction of sp³-hybridized carbons (Fsp3) is 0.0476. The minimum Gasteiger partial charge on any atom is -0.419 e. The van der Waals surface area contributed by atoms with E-state index >= 15 is 0 Å². The van der Waals surface area contributed by atoms with Gasteiger partial charge in [0.25, 0.3) is 0 Å². The molecule has 0 saturated carbocycles. The van der Waals surface area contributed by atoms with Crippen molar-refractivity contribution in [3.8, 4) is 11.5 Å². The molecule has 0 aliphatic heterocycles. The molecule has 1 N–H and O–H groups in total. The van der Waals surface area contributed by atoms with Crippen LogP contribution in [0.3, 0.4) is 0 Å². The van der Waals surface area contributed by atoms with Crippen molar-refractivity contribution in [3.05, 3.63) is 90.8 Å². The number of benzene rings is 3. The second-order valence-electron chi connectivity index (χ2n) is 5.63. The lowest BCUT2D eigenvalue weighted by molar-refractivity contribution is 0.515. The second-order valence-corrected chi connectivity index (χ2v) is 6.75. The van der Waals surface area contributed by atoms with Gasteiger partial charge in [0, 0.05) is 21.0 Å². The van der Waals surface area contributed by atoms with Gasteiger partial charge in [-0.05, 0) is 36.4 Å². The van der Waals surface area contributed by atoms with E-state index in [4.69, 9.17) is 4.42 Å². The Morgan fingerprint density at radius 2 is 1.46 bits per heavy atom. The molecule has 26 heavy (non-hydrogen) atoms. The maximum atomic E-state index is 5.76. The molecule has 0 radical (unpaired) electrons. The van der Waals surface area contributed by atoms with Crippen LogP contribution < -0.4 is 5.32 Å². The van der Waals surface area contributed by atoms with Crippen molar-refractivity contribution in [1.82, 2.24) is 10.2 Å². The molecular weight excluding hydrogens is 342 g/mol. The van der Waals surface area contributed by atoms with E-state index in [0.717, 1.165) is 16.1 Å². The molecule has 3 aromatic carbocycles. The Balaban J connectivity index is 1.46. The standard InChI is InChI=1S/C21H17N3OS/c1-3-9-16(10-4-1)21-24-23-20(25-21)15-22-18-13-7-8-14-19(18)26-17-11-5-2-6-12-17/h1-14,22H,15H2. The lowest BCUT2D eigenvalue weighted by atomic mass is 10.2. The third-order valence-electron chi connectivity index (χ3n) is 3.78. The average molecular weight is 359 g/mol. The molecule has 1 heterocycles. The van der Waals surface area contributed by atoms with Crippen molar-refractivity contribution in [2.24, 2.45) is 0 Å². The Bertz CT molecular complexity index is 971. The van der Waals surface area contributed by atoms with Gasteiger partial charge < -0.3 is 9.73 Å². The van der Waals surface area contributed by atoms with E-state index in [1.54, 1.807) is 11.8 Å². The number of hydrogen-bond acceptors (Lipinski definition) is 5. The summed E-state index contributed by atoms with van der Waals surface area (Å²) in [7, 11) is 0. The number of hydrogen-bond donors (Lipinski definition) is 1. The zero-order valence-corrected chi connectivity index (χ0v) is 14.8. The number of nitrogens with one attached hydrogen (secondary N) is 1. The van der Waals surface area contributed by atoms with Crippen LogP contribution in [0, 0.1) is 0 Å². The number of rotatable bonds is 6. The third kappa shape index (κ3) is 3.95. The second kappa shape index (κ2) is 7.89. The fourth-order valence-corrected chi connectivity index (χ4v) is 3.45. The van der Waals surface area contributed by atoms with Crippen molar-refractivity contribution < 1.29 is 4.42 Å². The number of nitrogens with zero attached hydrogens (tertiary/aromatic N) is 2. The van der Waals surface area contributed by atoms with Crippen molar-refractivity contribution in [2.45, 2.75) is 16.3 Å². The zero-order valence-electron chi connectivity index (χ0n) is 14.0. The van der Waals surface area contributed by atoms with Gasteiger partial charge in [-0.15, -0.1) is 10.2 Å². The maximum absolute atomic E-state index is 5.76. The molecule has 0 saturated heterocycles. The van der Waals surface area contributed by atoms with Crippen molar-refractivity contribution in [2.75, 3.05) is 5.32 Å². The molecule has 0 bridgehead atoms. The summed E-state index contributed by atoms with van der Waals surface area (Å²) in [5.74, 6) is 1.10. The highest BCUT2D eigenvalue weighted by Crippen LogP contribution is 2.33. The Hall–Kier alpha value is -3.05. The lowest BCUT2D eigenvalue weighted by Crippen LogP contribution is -2.00. The molecule has 0 atom stereocenters. The Morgan fingerprint density at radius 3 is 2.27 bits per heavy atom. The van der Waals surface area contributed by atoms with E-state index < -0.39 is 0 Å². The number of para-hydroxylation sites is 1. The van der Waals surface area contributed by atoms with Gasteiger partial charge in [-0.3, -0.25) is 0 Å². The average Bonchev–Trinajstić information content (AvgIpc) is 3.18. The van der Waals surface area contributed by atoms with Gasteiger partial charge >= 0.3 is 0 Å². The van der Waals surface area contributed by atoms with Crippen LogP contribution in [0.1, 0.15) is 5.89 Å². The van der Waals surface area contributed by atoms with Gasteiger partial charge in [0.2, 0.25) is 11.8 Å². The summed E-state index contributed by atoms with van der Waals surface area (Å²) in [4.78, 5) is 2.35. The summed E-state index contributed by atoms with van der Waals surface area (Å²) in [6.45, 7) is 0.478. The van der Waals surface area contributed by atoms with Gasteiger partial charge in [-0.2, -0.15) is 0 Å². The van der Waals surface area contributed by atoms with Crippen LogP contribution in [0.2, 0.25) is 0 Å². The van der Waals surface area contributed by atoms with E-state index in [1.807, 2.05) is 60.7 Å². The normalized spacial score (nSPS) is 10.6. The third-order valence-corrected chi connectivity index (χ3v) is 4.86. The molecule has 5 heteroatoms. The van der Waals surface area contributed by atoms with Gasteiger partial charge in [0.15, 0.2) is 0 Å². The summed E-state index contributed by atoms with van der Waals surface area (Å²) in [5.41, 5.74) is 1.96. The minimum atomic E-state index is 0.478. The summed E-state index contributed by atoms with van der Waals surface area (Å²) in [5, 5.41) is 11.7. The molecule has 0 spiro atoms. The monoisotopic (exact) mass is 359 g/mol. The number of anilines is 1. The molecule has 128 valence electrons. The van der Waals surface area contributed by atoms with E-state index in [1.165, 1.54) is 4.90 Å². The predicted molar refractivity (Wildman–Crippen MR) is 104 cm³/mol. The highest BCUT2D eigenvalue weighted by atomic mass is 32.2. The van der Waals surface area contributed by atoms with E-state index in [-0.39, 0.29) is 0 Å². The summed E-state index contributed by atoms with van der Waals surface area (Å²) in [6.07, 6.45) is 0. The SMILES string of the molecule is c1ccc(Sc2ccccc2NCc2nnc(-c3ccccc3)o2)cc1. The van der Waals surface area contributed by atoms with Crippen LogP contribution in [-0.2, 0) is 6.54 Å². The highest BCUT2D eigenvalue weighted by Gasteiger charge is 2.09. The van der Waals surface area contributed by atoms with Crippen molar-refractivity contribution in [1.29, 1.82) is 0 Å². The first-order valence-corrected chi connectivity index (χ1v) is 9.14. The van der Waals surface area contributed by atoms with E-state index in [9.17, 15) is 0 Å². The van der Waals surface area contributed by atoms with E-state index in [0.29, 0.717) is 18.3 Å². The molecule has 1 aromatic heterocycles. The van der Waals surface area contributed by atoms with Crippen LogP contribution in [-0.4, -0.2) is 10.2 Å². The van der Waals surface area contributed by atoms with Crippen molar-refractivity contribution >= 4 is 17.4 Å². The van der Waals surface area contributed by atoms with E-state index in [2.05, 4.69) is 39.8 Å². The fourth-order valence-electron chi connectivity index (χ4n) is 2.51. The molecule has 0 amide bonds. The summed E-state index contributed by atoms with van der Waals surface area (Å²) in [6, 6.07) is 28.3. The van der Waals surface area contributed by atoms with Crippen LogP contribution in [0.25, 0.3) is 11.5 Å². The quantitative estimate of drug-likeness (QED) is 0.492. The highest BCUT2D eigenvalue weighted by molar-refractivity contribution is 7.99. The van der Waals surface area contributed by atoms with Gasteiger partial charge in [0.1, 0.15) is 0 Å². The maximum Gasteiger partial charge on any atom is 0.247 e.